The number of ether oxygens (including phenoxy) is 2. The van der Waals surface area contributed by atoms with Crippen LogP contribution >= 0.6 is 11.6 Å². The van der Waals surface area contributed by atoms with Gasteiger partial charge in [0.15, 0.2) is 0 Å². The number of hydrogen-bond acceptors (Lipinski definition) is 4. The Balaban J connectivity index is 2.19. The SMILES string of the molecule is COC1(Cn2c(C)nnc2Cl)CCOC1. The minimum atomic E-state index is -0.281. The van der Waals surface area contributed by atoms with Gasteiger partial charge in [0.25, 0.3) is 0 Å². The van der Waals surface area contributed by atoms with Crippen molar-refractivity contribution >= 4 is 11.6 Å². The third-order valence-corrected chi connectivity index (χ3v) is 3.12. The van der Waals surface area contributed by atoms with Crippen LogP contribution in [0, 0.1) is 6.92 Å². The molecule has 0 N–H and O–H groups in total. The van der Waals surface area contributed by atoms with Crippen LogP contribution in [0.25, 0.3) is 0 Å². The molecule has 0 radical (unpaired) electrons. The number of hydrogen-bond donors (Lipinski definition) is 0. The molecule has 0 saturated carbocycles. The molecule has 0 bridgehead atoms. The molecule has 1 fully saturated rings. The van der Waals surface area contributed by atoms with E-state index in [4.69, 9.17) is 21.1 Å². The number of rotatable bonds is 3. The molecule has 1 atom stereocenters. The van der Waals surface area contributed by atoms with Gasteiger partial charge in [-0.1, -0.05) is 0 Å². The lowest BCUT2D eigenvalue weighted by Gasteiger charge is -2.26. The van der Waals surface area contributed by atoms with Crippen molar-refractivity contribution in [2.24, 2.45) is 0 Å². The van der Waals surface area contributed by atoms with Crippen LogP contribution in [-0.4, -0.2) is 40.7 Å². The Morgan fingerprint density at radius 2 is 2.40 bits per heavy atom. The highest BCUT2D eigenvalue weighted by Gasteiger charge is 2.36. The first-order valence-corrected chi connectivity index (χ1v) is 5.23. The van der Waals surface area contributed by atoms with E-state index in [-0.39, 0.29) is 5.60 Å². The molecule has 1 aliphatic rings. The fourth-order valence-electron chi connectivity index (χ4n) is 1.76. The topological polar surface area (TPSA) is 49.2 Å². The molecule has 2 rings (SSSR count). The first kappa shape index (κ1) is 10.9. The minimum Gasteiger partial charge on any atom is -0.378 e. The summed E-state index contributed by atoms with van der Waals surface area (Å²) in [5.41, 5.74) is -0.281. The van der Waals surface area contributed by atoms with Crippen LogP contribution in [0.15, 0.2) is 0 Å². The van der Waals surface area contributed by atoms with Crippen LogP contribution in [0.2, 0.25) is 5.28 Å². The van der Waals surface area contributed by atoms with E-state index in [1.54, 1.807) is 7.11 Å². The van der Waals surface area contributed by atoms with Crippen molar-refractivity contribution in [1.29, 1.82) is 0 Å². The van der Waals surface area contributed by atoms with Gasteiger partial charge in [0, 0.05) is 20.1 Å². The third-order valence-electron chi connectivity index (χ3n) is 2.84. The highest BCUT2D eigenvalue weighted by Crippen LogP contribution is 2.26. The van der Waals surface area contributed by atoms with E-state index in [1.165, 1.54) is 0 Å². The molecular weight excluding hydrogens is 218 g/mol. The van der Waals surface area contributed by atoms with E-state index in [0.29, 0.717) is 18.4 Å². The van der Waals surface area contributed by atoms with E-state index in [2.05, 4.69) is 10.2 Å². The van der Waals surface area contributed by atoms with Gasteiger partial charge in [-0.2, -0.15) is 0 Å². The highest BCUT2D eigenvalue weighted by molar-refractivity contribution is 6.28. The lowest BCUT2D eigenvalue weighted by Crippen LogP contribution is -2.37. The smallest absolute Gasteiger partial charge is 0.225 e. The van der Waals surface area contributed by atoms with Gasteiger partial charge in [-0.05, 0) is 18.5 Å². The Morgan fingerprint density at radius 3 is 2.87 bits per heavy atom. The second kappa shape index (κ2) is 4.08. The quantitative estimate of drug-likeness (QED) is 0.780. The molecule has 84 valence electrons. The van der Waals surface area contributed by atoms with Gasteiger partial charge >= 0.3 is 0 Å². The summed E-state index contributed by atoms with van der Waals surface area (Å²) in [5.74, 6) is 0.795. The van der Waals surface area contributed by atoms with Crippen LogP contribution in [0.4, 0.5) is 0 Å². The summed E-state index contributed by atoms with van der Waals surface area (Å²) in [6.07, 6.45) is 0.872. The van der Waals surface area contributed by atoms with Crippen molar-refractivity contribution in [2.75, 3.05) is 20.3 Å². The molecule has 0 aliphatic carbocycles. The second-order valence-corrected chi connectivity index (χ2v) is 4.13. The third kappa shape index (κ3) is 2.00. The summed E-state index contributed by atoms with van der Waals surface area (Å²) in [7, 11) is 1.70. The summed E-state index contributed by atoms with van der Waals surface area (Å²) in [6.45, 7) is 3.84. The minimum absolute atomic E-state index is 0.281. The van der Waals surface area contributed by atoms with Crippen molar-refractivity contribution < 1.29 is 9.47 Å². The zero-order valence-corrected chi connectivity index (χ0v) is 9.62. The molecule has 1 saturated heterocycles. The second-order valence-electron chi connectivity index (χ2n) is 3.79. The van der Waals surface area contributed by atoms with Crippen LogP contribution in [0.1, 0.15) is 12.2 Å². The molecular formula is C9H14ClN3O2. The van der Waals surface area contributed by atoms with Gasteiger partial charge in [0.2, 0.25) is 5.28 Å². The molecule has 0 amide bonds. The Hall–Kier alpha value is -0.650. The van der Waals surface area contributed by atoms with Crippen molar-refractivity contribution in [2.45, 2.75) is 25.5 Å². The van der Waals surface area contributed by atoms with Gasteiger partial charge in [0.05, 0.1) is 13.2 Å². The van der Waals surface area contributed by atoms with Gasteiger partial charge in [-0.15, -0.1) is 10.2 Å². The molecule has 2 heterocycles. The van der Waals surface area contributed by atoms with Crippen molar-refractivity contribution in [1.82, 2.24) is 14.8 Å². The zero-order valence-electron chi connectivity index (χ0n) is 8.86. The van der Waals surface area contributed by atoms with Crippen LogP contribution < -0.4 is 0 Å². The van der Waals surface area contributed by atoms with Crippen molar-refractivity contribution in [3.05, 3.63) is 11.1 Å². The number of aryl methyl sites for hydroxylation is 1. The summed E-state index contributed by atoms with van der Waals surface area (Å²) >= 11 is 5.94. The van der Waals surface area contributed by atoms with Crippen molar-refractivity contribution in [3.63, 3.8) is 0 Å². The fraction of sp³-hybridized carbons (Fsp3) is 0.778. The molecule has 0 spiro atoms. The molecule has 1 aliphatic heterocycles. The zero-order chi connectivity index (χ0) is 10.9. The number of methoxy groups -OCH3 is 1. The fourth-order valence-corrected chi connectivity index (χ4v) is 1.98. The van der Waals surface area contributed by atoms with E-state index >= 15 is 0 Å². The van der Waals surface area contributed by atoms with E-state index in [1.807, 2.05) is 11.5 Å². The molecule has 1 aromatic heterocycles. The molecule has 1 aromatic rings. The Kier molecular flexibility index (Phi) is 2.95. The van der Waals surface area contributed by atoms with Crippen LogP contribution in [-0.2, 0) is 16.0 Å². The summed E-state index contributed by atoms with van der Waals surface area (Å²) in [6, 6.07) is 0. The number of halogens is 1. The van der Waals surface area contributed by atoms with E-state index in [9.17, 15) is 0 Å². The average molecular weight is 232 g/mol. The van der Waals surface area contributed by atoms with Gasteiger partial charge < -0.3 is 9.47 Å². The standard InChI is InChI=1S/C9H14ClN3O2/c1-7-11-12-8(10)13(7)5-9(14-2)3-4-15-6-9/h3-6H2,1-2H3. The Bertz CT molecular complexity index is 328. The normalized spacial score (nSPS) is 26.1. The van der Waals surface area contributed by atoms with E-state index < -0.39 is 0 Å². The van der Waals surface area contributed by atoms with Crippen LogP contribution in [0.3, 0.4) is 0 Å². The largest absolute Gasteiger partial charge is 0.378 e. The monoisotopic (exact) mass is 231 g/mol. The number of aromatic nitrogens is 3. The average Bonchev–Trinajstić information content (AvgIpc) is 2.81. The first-order valence-electron chi connectivity index (χ1n) is 4.85. The maximum Gasteiger partial charge on any atom is 0.225 e. The molecule has 15 heavy (non-hydrogen) atoms. The molecule has 5 nitrogen and oxygen atoms in total. The number of nitrogens with zero attached hydrogens (tertiary/aromatic N) is 3. The summed E-state index contributed by atoms with van der Waals surface area (Å²) in [5, 5.41) is 8.11. The first-order chi connectivity index (χ1) is 7.17. The molecule has 1 unspecified atom stereocenters. The Morgan fingerprint density at radius 1 is 1.60 bits per heavy atom. The maximum absolute atomic E-state index is 5.94. The van der Waals surface area contributed by atoms with Crippen molar-refractivity contribution in [3.8, 4) is 0 Å². The van der Waals surface area contributed by atoms with Gasteiger partial charge in [-0.25, -0.2) is 0 Å². The van der Waals surface area contributed by atoms with Gasteiger partial charge in [-0.3, -0.25) is 4.57 Å². The van der Waals surface area contributed by atoms with Gasteiger partial charge in [0.1, 0.15) is 11.4 Å². The lowest BCUT2D eigenvalue weighted by molar-refractivity contribution is -0.0298. The Labute approximate surface area is 93.3 Å². The van der Waals surface area contributed by atoms with Crippen LogP contribution in [0.5, 0.6) is 0 Å². The maximum atomic E-state index is 5.94. The van der Waals surface area contributed by atoms with E-state index in [0.717, 1.165) is 18.9 Å². The molecule has 6 heteroatoms. The highest BCUT2D eigenvalue weighted by atomic mass is 35.5. The summed E-state index contributed by atoms with van der Waals surface area (Å²) in [4.78, 5) is 0. The molecule has 0 aromatic carbocycles. The predicted molar refractivity (Wildman–Crippen MR) is 54.9 cm³/mol. The lowest BCUT2D eigenvalue weighted by atomic mass is 10.0. The predicted octanol–water partition coefficient (Wildman–Crippen LogP) is 1.05. The summed E-state index contributed by atoms with van der Waals surface area (Å²) < 4.78 is 12.7.